The Kier molecular flexibility index (Phi) is 11.6. The van der Waals surface area contributed by atoms with Crippen molar-refractivity contribution in [2.75, 3.05) is 13.1 Å². The fourth-order valence-corrected chi connectivity index (χ4v) is 4.88. The zero-order valence-corrected chi connectivity index (χ0v) is 23.9. The molecule has 0 aromatic carbocycles. The summed E-state index contributed by atoms with van der Waals surface area (Å²) in [6.45, 7) is 8.75. The third kappa shape index (κ3) is 9.14. The number of nitrogens with one attached hydrogen (secondary N) is 4. The molecule has 1 saturated carbocycles. The van der Waals surface area contributed by atoms with Gasteiger partial charge in [0.15, 0.2) is 0 Å². The van der Waals surface area contributed by atoms with E-state index in [1.165, 1.54) is 0 Å². The molecule has 0 aliphatic heterocycles. The van der Waals surface area contributed by atoms with Gasteiger partial charge >= 0.3 is 0 Å². The minimum Gasteiger partial charge on any atom is -0.354 e. The van der Waals surface area contributed by atoms with Crippen molar-refractivity contribution >= 4 is 23.6 Å². The SMILES string of the molecule is CC(C)C(NC(=O)c1ccncc1)C(=O)NCC1CCC(CNC(=O)C(NC(=O)c2ccncc2)C(C)C)CC1. The van der Waals surface area contributed by atoms with Gasteiger partial charge in [0, 0.05) is 49.0 Å². The summed E-state index contributed by atoms with van der Waals surface area (Å²) in [5.41, 5.74) is 0.935. The highest BCUT2D eigenvalue weighted by molar-refractivity contribution is 5.98. The van der Waals surface area contributed by atoms with Crippen LogP contribution < -0.4 is 21.3 Å². The van der Waals surface area contributed by atoms with E-state index in [0.717, 1.165) is 25.7 Å². The van der Waals surface area contributed by atoms with E-state index in [-0.39, 0.29) is 35.5 Å². The maximum Gasteiger partial charge on any atom is 0.252 e. The van der Waals surface area contributed by atoms with Crippen LogP contribution in [0.2, 0.25) is 0 Å². The molecule has 1 fully saturated rings. The molecule has 2 heterocycles. The lowest BCUT2D eigenvalue weighted by molar-refractivity contribution is -0.125. The number of amides is 4. The minimum atomic E-state index is -0.625. The number of pyridine rings is 2. The van der Waals surface area contributed by atoms with Gasteiger partial charge in [-0.2, -0.15) is 0 Å². The molecular formula is C30H42N6O4. The quantitative estimate of drug-likeness (QED) is 0.320. The highest BCUT2D eigenvalue weighted by atomic mass is 16.2. The molecule has 10 heteroatoms. The lowest BCUT2D eigenvalue weighted by Gasteiger charge is -2.30. The Morgan fingerprint density at radius 1 is 0.650 bits per heavy atom. The van der Waals surface area contributed by atoms with Gasteiger partial charge in [-0.25, -0.2) is 0 Å². The highest BCUT2D eigenvalue weighted by Crippen LogP contribution is 2.28. The van der Waals surface area contributed by atoms with E-state index < -0.39 is 12.1 Å². The van der Waals surface area contributed by atoms with Crippen molar-refractivity contribution in [1.82, 2.24) is 31.2 Å². The van der Waals surface area contributed by atoms with Gasteiger partial charge in [0.1, 0.15) is 12.1 Å². The van der Waals surface area contributed by atoms with E-state index in [0.29, 0.717) is 36.1 Å². The molecule has 0 radical (unpaired) electrons. The van der Waals surface area contributed by atoms with Crippen LogP contribution in [0, 0.1) is 23.7 Å². The van der Waals surface area contributed by atoms with Gasteiger partial charge in [0.25, 0.3) is 11.8 Å². The number of hydrogen-bond acceptors (Lipinski definition) is 6. The van der Waals surface area contributed by atoms with Gasteiger partial charge in [-0.1, -0.05) is 27.7 Å². The number of nitrogens with zero attached hydrogens (tertiary/aromatic N) is 2. The molecule has 1 aliphatic rings. The van der Waals surface area contributed by atoms with E-state index in [1.807, 2.05) is 27.7 Å². The average molecular weight is 551 g/mol. The molecule has 3 rings (SSSR count). The maximum atomic E-state index is 12.9. The van der Waals surface area contributed by atoms with Crippen molar-refractivity contribution in [1.29, 1.82) is 0 Å². The second kappa shape index (κ2) is 15.1. The van der Waals surface area contributed by atoms with E-state index in [1.54, 1.807) is 49.1 Å². The summed E-state index contributed by atoms with van der Waals surface area (Å²) >= 11 is 0. The van der Waals surface area contributed by atoms with Crippen molar-refractivity contribution in [2.45, 2.75) is 65.5 Å². The standard InChI is InChI=1S/C30H42N6O4/c1-19(2)25(35-27(37)23-9-13-31-14-10-23)29(39)33-17-21-5-7-22(8-6-21)18-34-30(40)26(20(3)4)36-28(38)24-11-15-32-16-12-24/h9-16,19-22,25-26H,5-8,17-18H2,1-4H3,(H,33,39)(H,34,40)(H,35,37)(H,36,38). The predicted molar refractivity (Wildman–Crippen MR) is 152 cm³/mol. The summed E-state index contributed by atoms with van der Waals surface area (Å²) in [6, 6.07) is 5.22. The van der Waals surface area contributed by atoms with Crippen LogP contribution in [-0.4, -0.2) is 58.8 Å². The molecule has 2 atom stereocenters. The summed E-state index contributed by atoms with van der Waals surface area (Å²) in [5, 5.41) is 11.8. The largest absolute Gasteiger partial charge is 0.354 e. The van der Waals surface area contributed by atoms with E-state index in [2.05, 4.69) is 31.2 Å². The first-order chi connectivity index (χ1) is 19.2. The lowest BCUT2D eigenvalue weighted by Crippen LogP contribution is -2.51. The fourth-order valence-electron chi connectivity index (χ4n) is 4.88. The van der Waals surface area contributed by atoms with Crippen LogP contribution in [0.25, 0.3) is 0 Å². The van der Waals surface area contributed by atoms with Gasteiger partial charge in [-0.3, -0.25) is 29.1 Å². The fraction of sp³-hybridized carbons (Fsp3) is 0.533. The molecule has 0 spiro atoms. The molecule has 1 aliphatic carbocycles. The zero-order valence-electron chi connectivity index (χ0n) is 23.9. The second-order valence-electron chi connectivity index (χ2n) is 11.2. The van der Waals surface area contributed by atoms with Crippen molar-refractivity contribution in [2.24, 2.45) is 23.7 Å². The summed E-state index contributed by atoms with van der Waals surface area (Å²) < 4.78 is 0. The number of rotatable bonds is 12. The Balaban J connectivity index is 1.40. The first-order valence-corrected chi connectivity index (χ1v) is 14.1. The van der Waals surface area contributed by atoms with Crippen molar-refractivity contribution < 1.29 is 19.2 Å². The van der Waals surface area contributed by atoms with Crippen LogP contribution in [0.3, 0.4) is 0 Å². The molecule has 4 N–H and O–H groups in total. The van der Waals surface area contributed by atoms with Gasteiger partial charge in [-0.05, 0) is 73.6 Å². The third-order valence-electron chi connectivity index (χ3n) is 7.45. The van der Waals surface area contributed by atoms with Crippen molar-refractivity contribution in [3.63, 3.8) is 0 Å². The average Bonchev–Trinajstić information content (AvgIpc) is 2.97. The number of hydrogen-bond donors (Lipinski definition) is 4. The molecule has 2 aromatic heterocycles. The normalized spacial score (nSPS) is 18.4. The van der Waals surface area contributed by atoms with Gasteiger partial charge in [-0.15, -0.1) is 0 Å². The smallest absolute Gasteiger partial charge is 0.252 e. The first kappa shape index (κ1) is 30.7. The molecule has 2 unspecified atom stereocenters. The first-order valence-electron chi connectivity index (χ1n) is 14.1. The number of carbonyl (C=O) groups is 4. The minimum absolute atomic E-state index is 0.0608. The summed E-state index contributed by atoms with van der Waals surface area (Å²) in [4.78, 5) is 58.7. The molecule has 40 heavy (non-hydrogen) atoms. The highest BCUT2D eigenvalue weighted by Gasteiger charge is 2.28. The van der Waals surface area contributed by atoms with Gasteiger partial charge in [0.2, 0.25) is 11.8 Å². The maximum absolute atomic E-state index is 12.9. The monoisotopic (exact) mass is 550 g/mol. The Morgan fingerprint density at radius 2 is 0.975 bits per heavy atom. The van der Waals surface area contributed by atoms with Gasteiger partial charge in [0.05, 0.1) is 0 Å². The lowest BCUT2D eigenvalue weighted by atomic mass is 9.82. The molecule has 2 aromatic rings. The zero-order chi connectivity index (χ0) is 29.1. The van der Waals surface area contributed by atoms with E-state index >= 15 is 0 Å². The Morgan fingerprint density at radius 3 is 1.27 bits per heavy atom. The van der Waals surface area contributed by atoms with Crippen LogP contribution in [-0.2, 0) is 9.59 Å². The summed E-state index contributed by atoms with van der Waals surface area (Å²) in [5.74, 6) is -0.375. The van der Waals surface area contributed by atoms with Crippen LogP contribution in [0.1, 0.15) is 74.1 Å². The topological polar surface area (TPSA) is 142 Å². The van der Waals surface area contributed by atoms with E-state index in [9.17, 15) is 19.2 Å². The molecule has 0 bridgehead atoms. The van der Waals surface area contributed by atoms with E-state index in [4.69, 9.17) is 0 Å². The van der Waals surface area contributed by atoms with Crippen molar-refractivity contribution in [3.8, 4) is 0 Å². The number of aromatic nitrogens is 2. The Hall–Kier alpha value is -3.82. The summed E-state index contributed by atoms with van der Waals surface area (Å²) in [7, 11) is 0. The Bertz CT molecular complexity index is 1030. The molecular weight excluding hydrogens is 508 g/mol. The third-order valence-corrected chi connectivity index (χ3v) is 7.45. The summed E-state index contributed by atoms with van der Waals surface area (Å²) in [6.07, 6.45) is 9.98. The predicted octanol–water partition coefficient (Wildman–Crippen LogP) is 2.72. The molecule has 4 amide bonds. The van der Waals surface area contributed by atoms with Crippen LogP contribution >= 0.6 is 0 Å². The van der Waals surface area contributed by atoms with Crippen LogP contribution in [0.5, 0.6) is 0 Å². The second-order valence-corrected chi connectivity index (χ2v) is 11.2. The number of carbonyl (C=O) groups excluding carboxylic acids is 4. The van der Waals surface area contributed by atoms with Crippen molar-refractivity contribution in [3.05, 3.63) is 60.2 Å². The molecule has 0 saturated heterocycles. The Labute approximate surface area is 236 Å². The molecule has 216 valence electrons. The van der Waals surface area contributed by atoms with Crippen LogP contribution in [0.4, 0.5) is 0 Å². The van der Waals surface area contributed by atoms with Gasteiger partial charge < -0.3 is 21.3 Å². The van der Waals surface area contributed by atoms with Crippen LogP contribution in [0.15, 0.2) is 49.1 Å². The molecule has 10 nitrogen and oxygen atoms in total.